The normalized spacial score (nSPS) is 13.7. The first kappa shape index (κ1) is 17.7. The summed E-state index contributed by atoms with van der Waals surface area (Å²) in [5, 5.41) is 0.480. The van der Waals surface area contributed by atoms with Gasteiger partial charge in [0.15, 0.2) is 5.58 Å². The molecule has 1 heterocycles. The SMILES string of the molecule is COc1ccc(CN(C(=O)Cn2c(=O)oc3cc(Cl)ccc32)C2CC2)cc1. The standard InChI is InChI=1S/C20H19ClN2O4/c1-26-16-7-2-13(3-8-16)11-22(15-5-6-15)19(24)12-23-17-9-4-14(21)10-18(17)27-20(23)25/h2-4,7-10,15H,5-6,11-12H2,1H3. The molecule has 6 nitrogen and oxygen atoms in total. The highest BCUT2D eigenvalue weighted by atomic mass is 35.5. The van der Waals surface area contributed by atoms with Gasteiger partial charge in [0.2, 0.25) is 5.91 Å². The number of methoxy groups -OCH3 is 1. The maximum absolute atomic E-state index is 13.0. The first-order chi connectivity index (χ1) is 13.0. The Morgan fingerprint density at radius 2 is 2.00 bits per heavy atom. The van der Waals surface area contributed by atoms with Crippen molar-refractivity contribution in [3.8, 4) is 5.75 Å². The predicted octanol–water partition coefficient (Wildman–Crippen LogP) is 3.45. The van der Waals surface area contributed by atoms with Gasteiger partial charge in [0.1, 0.15) is 12.3 Å². The second-order valence-corrected chi connectivity index (χ2v) is 7.10. The van der Waals surface area contributed by atoms with E-state index in [9.17, 15) is 9.59 Å². The van der Waals surface area contributed by atoms with E-state index in [0.29, 0.717) is 22.7 Å². The van der Waals surface area contributed by atoms with Crippen LogP contribution in [0.2, 0.25) is 5.02 Å². The molecule has 0 atom stereocenters. The van der Waals surface area contributed by atoms with Crippen LogP contribution in [0.25, 0.3) is 11.1 Å². The molecule has 27 heavy (non-hydrogen) atoms. The summed E-state index contributed by atoms with van der Waals surface area (Å²) in [6.45, 7) is 0.448. The zero-order chi connectivity index (χ0) is 19.0. The molecule has 1 saturated carbocycles. The van der Waals surface area contributed by atoms with Gasteiger partial charge in [-0.25, -0.2) is 4.79 Å². The molecule has 0 radical (unpaired) electrons. The number of aromatic nitrogens is 1. The Hall–Kier alpha value is -2.73. The fourth-order valence-corrected chi connectivity index (χ4v) is 3.31. The summed E-state index contributed by atoms with van der Waals surface area (Å²) >= 11 is 5.94. The van der Waals surface area contributed by atoms with E-state index in [-0.39, 0.29) is 18.5 Å². The molecule has 1 aliphatic carbocycles. The van der Waals surface area contributed by atoms with Gasteiger partial charge in [0.25, 0.3) is 0 Å². The molecule has 0 unspecified atom stereocenters. The molecule has 0 spiro atoms. The van der Waals surface area contributed by atoms with Crippen LogP contribution >= 0.6 is 11.6 Å². The van der Waals surface area contributed by atoms with E-state index in [4.69, 9.17) is 20.8 Å². The number of nitrogens with zero attached hydrogens (tertiary/aromatic N) is 2. The second-order valence-electron chi connectivity index (χ2n) is 6.67. The lowest BCUT2D eigenvalue weighted by Crippen LogP contribution is -2.36. The molecule has 4 rings (SSSR count). The molecule has 1 aliphatic rings. The zero-order valence-corrected chi connectivity index (χ0v) is 15.6. The number of fused-ring (bicyclic) bond motifs is 1. The van der Waals surface area contributed by atoms with Crippen LogP contribution in [0.4, 0.5) is 0 Å². The van der Waals surface area contributed by atoms with Gasteiger partial charge in [-0.15, -0.1) is 0 Å². The molecule has 3 aromatic rings. The number of amides is 1. The van der Waals surface area contributed by atoms with Crippen molar-refractivity contribution < 1.29 is 13.9 Å². The minimum atomic E-state index is -0.555. The van der Waals surface area contributed by atoms with Gasteiger partial charge in [-0.2, -0.15) is 0 Å². The van der Waals surface area contributed by atoms with Crippen LogP contribution in [0, 0.1) is 0 Å². The van der Waals surface area contributed by atoms with Crippen molar-refractivity contribution >= 4 is 28.6 Å². The van der Waals surface area contributed by atoms with E-state index in [0.717, 1.165) is 24.2 Å². The third-order valence-electron chi connectivity index (χ3n) is 4.74. The first-order valence-corrected chi connectivity index (χ1v) is 9.14. The molecular weight excluding hydrogens is 368 g/mol. The van der Waals surface area contributed by atoms with Gasteiger partial charge in [-0.3, -0.25) is 9.36 Å². The molecule has 0 aliphatic heterocycles. The van der Waals surface area contributed by atoms with Crippen LogP contribution in [0.1, 0.15) is 18.4 Å². The van der Waals surface area contributed by atoms with Crippen LogP contribution in [-0.2, 0) is 17.9 Å². The third kappa shape index (κ3) is 3.71. The highest BCUT2D eigenvalue weighted by Crippen LogP contribution is 2.29. The number of rotatable bonds is 6. The van der Waals surface area contributed by atoms with Crippen molar-refractivity contribution in [2.24, 2.45) is 0 Å². The Labute approximate surface area is 160 Å². The number of ether oxygens (including phenoxy) is 1. The van der Waals surface area contributed by atoms with Crippen molar-refractivity contribution in [2.75, 3.05) is 7.11 Å². The van der Waals surface area contributed by atoms with Crippen LogP contribution in [0.15, 0.2) is 51.7 Å². The molecule has 140 valence electrons. The fraction of sp³-hybridized carbons (Fsp3) is 0.300. The highest BCUT2D eigenvalue weighted by molar-refractivity contribution is 6.31. The number of carbonyl (C=O) groups excluding carboxylic acids is 1. The summed E-state index contributed by atoms with van der Waals surface area (Å²) in [7, 11) is 1.62. The first-order valence-electron chi connectivity index (χ1n) is 8.76. The Balaban J connectivity index is 1.56. The minimum Gasteiger partial charge on any atom is -0.497 e. The van der Waals surface area contributed by atoms with Crippen molar-refractivity contribution in [1.82, 2.24) is 9.47 Å². The van der Waals surface area contributed by atoms with Crippen molar-refractivity contribution in [3.63, 3.8) is 0 Å². The molecule has 7 heteroatoms. The van der Waals surface area contributed by atoms with E-state index >= 15 is 0 Å². The van der Waals surface area contributed by atoms with Crippen molar-refractivity contribution in [2.45, 2.75) is 32.0 Å². The maximum Gasteiger partial charge on any atom is 0.420 e. The molecule has 0 saturated heterocycles. The Bertz CT molecular complexity index is 1030. The summed E-state index contributed by atoms with van der Waals surface area (Å²) in [6.07, 6.45) is 1.97. The summed E-state index contributed by atoms with van der Waals surface area (Å²) in [5.41, 5.74) is 1.97. The average molecular weight is 387 g/mol. The highest BCUT2D eigenvalue weighted by Gasteiger charge is 2.33. The minimum absolute atomic E-state index is 0.0554. The van der Waals surface area contributed by atoms with Gasteiger partial charge < -0.3 is 14.1 Å². The number of hydrogen-bond acceptors (Lipinski definition) is 4. The number of benzene rings is 2. The van der Waals surface area contributed by atoms with E-state index in [1.54, 1.807) is 25.3 Å². The van der Waals surface area contributed by atoms with Gasteiger partial charge >= 0.3 is 5.76 Å². The van der Waals surface area contributed by atoms with Gasteiger partial charge in [0.05, 0.1) is 12.6 Å². The van der Waals surface area contributed by atoms with Crippen molar-refractivity contribution in [1.29, 1.82) is 0 Å². The lowest BCUT2D eigenvalue weighted by atomic mass is 10.2. The van der Waals surface area contributed by atoms with Crippen LogP contribution in [0.5, 0.6) is 5.75 Å². The van der Waals surface area contributed by atoms with Gasteiger partial charge in [-0.05, 0) is 42.7 Å². The fourth-order valence-electron chi connectivity index (χ4n) is 3.15. The Morgan fingerprint density at radius 3 is 2.67 bits per heavy atom. The Kier molecular flexibility index (Phi) is 4.66. The lowest BCUT2D eigenvalue weighted by Gasteiger charge is -2.23. The Morgan fingerprint density at radius 1 is 1.26 bits per heavy atom. The third-order valence-corrected chi connectivity index (χ3v) is 4.98. The average Bonchev–Trinajstić information content (AvgIpc) is 3.45. The molecule has 0 N–H and O–H groups in total. The van der Waals surface area contributed by atoms with E-state index < -0.39 is 5.76 Å². The van der Waals surface area contributed by atoms with Crippen LogP contribution < -0.4 is 10.5 Å². The summed E-state index contributed by atoms with van der Waals surface area (Å²) in [4.78, 5) is 27.0. The molecule has 2 aromatic carbocycles. The number of oxazole rings is 1. The monoisotopic (exact) mass is 386 g/mol. The quantitative estimate of drug-likeness (QED) is 0.651. The number of hydrogen-bond donors (Lipinski definition) is 0. The largest absolute Gasteiger partial charge is 0.497 e. The maximum atomic E-state index is 13.0. The summed E-state index contributed by atoms with van der Waals surface area (Å²) in [5.74, 6) is 0.118. The predicted molar refractivity (Wildman–Crippen MR) is 102 cm³/mol. The molecule has 1 aromatic heterocycles. The molecule has 1 amide bonds. The summed E-state index contributed by atoms with van der Waals surface area (Å²) in [6, 6.07) is 12.8. The molecule has 1 fully saturated rings. The second kappa shape index (κ2) is 7.12. The molecular formula is C20H19ClN2O4. The zero-order valence-electron chi connectivity index (χ0n) is 14.9. The lowest BCUT2D eigenvalue weighted by molar-refractivity contribution is -0.133. The van der Waals surface area contributed by atoms with E-state index in [1.807, 2.05) is 29.2 Å². The van der Waals surface area contributed by atoms with Crippen LogP contribution in [0.3, 0.4) is 0 Å². The van der Waals surface area contributed by atoms with Gasteiger partial charge in [-0.1, -0.05) is 23.7 Å². The topological polar surface area (TPSA) is 64.7 Å². The number of halogens is 1. The van der Waals surface area contributed by atoms with E-state index in [1.165, 1.54) is 4.57 Å². The summed E-state index contributed by atoms with van der Waals surface area (Å²) < 4.78 is 11.8. The van der Waals surface area contributed by atoms with E-state index in [2.05, 4.69) is 0 Å². The number of carbonyl (C=O) groups is 1. The van der Waals surface area contributed by atoms with Crippen molar-refractivity contribution in [3.05, 3.63) is 63.6 Å². The smallest absolute Gasteiger partial charge is 0.420 e. The van der Waals surface area contributed by atoms with Crippen LogP contribution in [-0.4, -0.2) is 28.5 Å². The van der Waals surface area contributed by atoms with Gasteiger partial charge in [0, 0.05) is 23.7 Å². The molecule has 0 bridgehead atoms.